The first-order valence-corrected chi connectivity index (χ1v) is 11.8. The number of aromatic nitrogens is 2. The Bertz CT molecular complexity index is 855. The van der Waals surface area contributed by atoms with Crippen molar-refractivity contribution in [2.24, 2.45) is 5.92 Å². The smallest absolute Gasteiger partial charge is 0.224 e. The number of fused-ring (bicyclic) bond motifs is 1. The lowest BCUT2D eigenvalue weighted by atomic mass is 9.89. The molecule has 0 aromatic carbocycles. The van der Waals surface area contributed by atoms with E-state index in [1.807, 2.05) is 0 Å². The first kappa shape index (κ1) is 19.9. The summed E-state index contributed by atoms with van der Waals surface area (Å²) in [4.78, 5) is 17.6. The van der Waals surface area contributed by atoms with Crippen LogP contribution in [0.4, 0.5) is 5.82 Å². The van der Waals surface area contributed by atoms with E-state index >= 15 is 0 Å². The van der Waals surface area contributed by atoms with E-state index in [1.165, 1.54) is 24.4 Å². The Hall–Kier alpha value is -1.03. The Morgan fingerprint density at radius 1 is 1.17 bits per heavy atom. The molecule has 3 saturated heterocycles. The maximum absolute atomic E-state index is 9.94. The van der Waals surface area contributed by atoms with Gasteiger partial charge in [-0.05, 0) is 43.6 Å². The molecule has 2 aromatic rings. The fraction of sp³-hybridized carbons (Fsp3) is 0.700. The zero-order chi connectivity index (χ0) is 19.8. The van der Waals surface area contributed by atoms with Crippen LogP contribution in [-0.4, -0.2) is 90.0 Å². The normalized spacial score (nSPS) is 26.8. The standard InChI is InChI=1S/C20H28ClN5O2S/c21-20-22-16-10-15(29-18(16)19(23-20)26-6-8-28-9-7-26)12-24-5-2-17(14(11-24)13-27)25-3-1-4-25/h10,14,17,27H,1-9,11-13H2/t14-,17+/m0/s1. The van der Waals surface area contributed by atoms with E-state index in [-0.39, 0.29) is 6.61 Å². The minimum Gasteiger partial charge on any atom is -0.396 e. The van der Waals surface area contributed by atoms with Crippen molar-refractivity contribution >= 4 is 39.0 Å². The van der Waals surface area contributed by atoms with Gasteiger partial charge < -0.3 is 14.7 Å². The van der Waals surface area contributed by atoms with Crippen LogP contribution in [0.15, 0.2) is 6.07 Å². The van der Waals surface area contributed by atoms with Gasteiger partial charge in [0.1, 0.15) is 0 Å². The number of nitrogens with zero attached hydrogens (tertiary/aromatic N) is 5. The third-order valence-electron chi connectivity index (χ3n) is 6.44. The molecule has 0 amide bonds. The summed E-state index contributed by atoms with van der Waals surface area (Å²) in [5.74, 6) is 1.28. The fourth-order valence-corrected chi connectivity index (χ4v) is 6.12. The number of ether oxygens (including phenoxy) is 1. The summed E-state index contributed by atoms with van der Waals surface area (Å²) in [6.07, 6.45) is 2.44. The van der Waals surface area contributed by atoms with E-state index in [4.69, 9.17) is 16.3 Å². The molecular weight excluding hydrogens is 410 g/mol. The first-order chi connectivity index (χ1) is 14.2. The van der Waals surface area contributed by atoms with Gasteiger partial charge in [0.2, 0.25) is 5.28 Å². The second kappa shape index (κ2) is 8.61. The van der Waals surface area contributed by atoms with Crippen LogP contribution < -0.4 is 4.90 Å². The summed E-state index contributed by atoms with van der Waals surface area (Å²) in [6.45, 7) is 8.68. The van der Waals surface area contributed by atoms with Crippen molar-refractivity contribution in [3.8, 4) is 0 Å². The van der Waals surface area contributed by atoms with Gasteiger partial charge in [-0.1, -0.05) is 0 Å². The van der Waals surface area contributed by atoms with Crippen molar-refractivity contribution in [2.75, 3.05) is 64.0 Å². The average molecular weight is 438 g/mol. The molecule has 0 bridgehead atoms. The fourth-order valence-electron chi connectivity index (χ4n) is 4.80. The van der Waals surface area contributed by atoms with Gasteiger partial charge in [-0.2, -0.15) is 4.98 Å². The Morgan fingerprint density at radius 3 is 2.72 bits per heavy atom. The monoisotopic (exact) mass is 437 g/mol. The van der Waals surface area contributed by atoms with E-state index in [9.17, 15) is 5.11 Å². The molecule has 0 spiro atoms. The maximum Gasteiger partial charge on any atom is 0.224 e. The summed E-state index contributed by atoms with van der Waals surface area (Å²) in [5.41, 5.74) is 0.931. The van der Waals surface area contributed by atoms with E-state index in [0.717, 1.165) is 68.4 Å². The minimum atomic E-state index is 0.270. The lowest BCUT2D eigenvalue weighted by molar-refractivity contribution is -0.00293. The number of morpholine rings is 1. The number of thiophene rings is 1. The molecule has 3 aliphatic rings. The summed E-state index contributed by atoms with van der Waals surface area (Å²) < 4.78 is 6.59. The molecular formula is C20H28ClN5O2S. The maximum atomic E-state index is 9.94. The summed E-state index contributed by atoms with van der Waals surface area (Å²) in [7, 11) is 0. The van der Waals surface area contributed by atoms with Crippen LogP contribution >= 0.6 is 22.9 Å². The molecule has 9 heteroatoms. The molecule has 1 N–H and O–H groups in total. The number of piperidine rings is 1. The van der Waals surface area contributed by atoms with Crippen LogP contribution in [0, 0.1) is 5.92 Å². The molecule has 2 aromatic heterocycles. The predicted octanol–water partition coefficient (Wildman–Crippen LogP) is 2.07. The Labute approximate surface area is 180 Å². The average Bonchev–Trinajstić information content (AvgIpc) is 3.09. The lowest BCUT2D eigenvalue weighted by Gasteiger charge is -2.47. The molecule has 0 radical (unpaired) electrons. The van der Waals surface area contributed by atoms with Gasteiger partial charge in [-0.15, -0.1) is 11.3 Å². The lowest BCUT2D eigenvalue weighted by Crippen LogP contribution is -2.55. The van der Waals surface area contributed by atoms with Crippen LogP contribution in [0.25, 0.3) is 10.2 Å². The van der Waals surface area contributed by atoms with Gasteiger partial charge in [0.05, 0.1) is 23.4 Å². The number of aliphatic hydroxyl groups excluding tert-OH is 1. The second-order valence-electron chi connectivity index (χ2n) is 8.27. The van der Waals surface area contributed by atoms with Gasteiger partial charge in [0, 0.05) is 56.2 Å². The quantitative estimate of drug-likeness (QED) is 0.718. The van der Waals surface area contributed by atoms with Crippen LogP contribution in [0.2, 0.25) is 5.28 Å². The van der Waals surface area contributed by atoms with Gasteiger partial charge in [-0.3, -0.25) is 9.80 Å². The summed E-state index contributed by atoms with van der Waals surface area (Å²) in [6, 6.07) is 2.71. The van der Waals surface area contributed by atoms with Crippen LogP contribution in [0.1, 0.15) is 17.7 Å². The van der Waals surface area contributed by atoms with Crippen LogP contribution in [-0.2, 0) is 11.3 Å². The van der Waals surface area contributed by atoms with E-state index in [2.05, 4.69) is 30.7 Å². The van der Waals surface area contributed by atoms with Gasteiger partial charge in [0.15, 0.2) is 5.82 Å². The number of hydrogen-bond donors (Lipinski definition) is 1. The molecule has 2 atom stereocenters. The second-order valence-corrected chi connectivity index (χ2v) is 9.74. The molecule has 158 valence electrons. The SMILES string of the molecule is OC[C@@H]1CN(Cc2cc3nc(Cl)nc(N4CCOCC4)c3s2)CC[C@H]1N1CCC1. The highest BCUT2D eigenvalue weighted by Gasteiger charge is 2.35. The summed E-state index contributed by atoms with van der Waals surface area (Å²) >= 11 is 8.00. The zero-order valence-electron chi connectivity index (χ0n) is 16.6. The largest absolute Gasteiger partial charge is 0.396 e. The topological polar surface area (TPSA) is 65.0 Å². The number of aliphatic hydroxyl groups is 1. The minimum absolute atomic E-state index is 0.270. The zero-order valence-corrected chi connectivity index (χ0v) is 18.2. The van der Waals surface area contributed by atoms with E-state index < -0.39 is 0 Å². The van der Waals surface area contributed by atoms with Crippen molar-refractivity contribution in [1.82, 2.24) is 19.8 Å². The molecule has 5 rings (SSSR count). The molecule has 3 fully saturated rings. The number of likely N-dealkylation sites (tertiary alicyclic amines) is 2. The molecule has 29 heavy (non-hydrogen) atoms. The molecule has 0 unspecified atom stereocenters. The summed E-state index contributed by atoms with van der Waals surface area (Å²) in [5, 5.41) is 10.2. The van der Waals surface area contributed by atoms with E-state index in [1.54, 1.807) is 11.3 Å². The van der Waals surface area contributed by atoms with Gasteiger partial charge in [0.25, 0.3) is 0 Å². The molecule has 3 aliphatic heterocycles. The number of halogens is 1. The Kier molecular flexibility index (Phi) is 5.91. The van der Waals surface area contributed by atoms with Crippen molar-refractivity contribution in [3.05, 3.63) is 16.2 Å². The third kappa shape index (κ3) is 4.11. The third-order valence-corrected chi connectivity index (χ3v) is 7.71. The number of anilines is 1. The van der Waals surface area contributed by atoms with E-state index in [0.29, 0.717) is 17.2 Å². The molecule has 7 nitrogen and oxygen atoms in total. The predicted molar refractivity (Wildman–Crippen MR) is 116 cm³/mol. The molecule has 0 aliphatic carbocycles. The van der Waals surface area contributed by atoms with Crippen molar-refractivity contribution in [3.63, 3.8) is 0 Å². The Balaban J connectivity index is 1.33. The van der Waals surface area contributed by atoms with Gasteiger partial charge >= 0.3 is 0 Å². The first-order valence-electron chi connectivity index (χ1n) is 10.6. The molecule has 0 saturated carbocycles. The van der Waals surface area contributed by atoms with Crippen molar-refractivity contribution < 1.29 is 9.84 Å². The van der Waals surface area contributed by atoms with Gasteiger partial charge in [-0.25, -0.2) is 4.98 Å². The van der Waals surface area contributed by atoms with Crippen LogP contribution in [0.5, 0.6) is 0 Å². The highest BCUT2D eigenvalue weighted by Crippen LogP contribution is 2.35. The van der Waals surface area contributed by atoms with Crippen LogP contribution in [0.3, 0.4) is 0 Å². The highest BCUT2D eigenvalue weighted by atomic mass is 35.5. The van der Waals surface area contributed by atoms with Crippen molar-refractivity contribution in [2.45, 2.75) is 25.4 Å². The number of rotatable bonds is 5. The number of hydrogen-bond acceptors (Lipinski definition) is 8. The highest BCUT2D eigenvalue weighted by molar-refractivity contribution is 7.19. The molecule has 5 heterocycles. The Morgan fingerprint density at radius 2 is 2.00 bits per heavy atom. The van der Waals surface area contributed by atoms with Crippen molar-refractivity contribution in [1.29, 1.82) is 0 Å².